The van der Waals surface area contributed by atoms with Crippen molar-refractivity contribution in [3.05, 3.63) is 23.8 Å². The molecule has 3 fully saturated rings. The highest BCUT2D eigenvalue weighted by atomic mass is 35.5. The van der Waals surface area contributed by atoms with Crippen LogP contribution in [-0.4, -0.2) is 67.0 Å². The van der Waals surface area contributed by atoms with Crippen LogP contribution in [0.2, 0.25) is 0 Å². The predicted molar refractivity (Wildman–Crippen MR) is 144 cm³/mol. The van der Waals surface area contributed by atoms with E-state index in [1.165, 1.54) is 32.1 Å². The molecule has 2 saturated heterocycles. The molecule has 2 amide bonds. The van der Waals surface area contributed by atoms with E-state index in [0.717, 1.165) is 56.0 Å². The summed E-state index contributed by atoms with van der Waals surface area (Å²) in [6.07, 6.45) is 10.3. The van der Waals surface area contributed by atoms with Crippen molar-refractivity contribution in [1.82, 2.24) is 15.1 Å². The number of rotatable bonds is 9. The number of likely N-dealkylation sites (tertiary alicyclic amines) is 1. The standard InChI is InChI=1S/C28H43N3O4.ClH/c1-4-5-15-31-26(32)23(18-21-9-7-6-8-10-21)29-27(33)28(31)13-16-30(17-14-28)20-22-11-12-24(34-2)25(19-22)35-3;/h11-12,19,21,23H,4-10,13-18,20H2,1-3H3,(H,29,33);1H. The third-order valence-corrected chi connectivity index (χ3v) is 8.38. The molecule has 1 aromatic rings. The van der Waals surface area contributed by atoms with E-state index < -0.39 is 5.54 Å². The van der Waals surface area contributed by atoms with Gasteiger partial charge in [0.25, 0.3) is 0 Å². The van der Waals surface area contributed by atoms with Crippen LogP contribution in [0.15, 0.2) is 18.2 Å². The molecule has 1 aliphatic carbocycles. The molecule has 2 heterocycles. The summed E-state index contributed by atoms with van der Waals surface area (Å²) in [6.45, 7) is 5.17. The van der Waals surface area contributed by atoms with Gasteiger partial charge in [0.1, 0.15) is 11.6 Å². The Morgan fingerprint density at radius 1 is 1.03 bits per heavy atom. The summed E-state index contributed by atoms with van der Waals surface area (Å²) < 4.78 is 10.8. The average Bonchev–Trinajstić information content (AvgIpc) is 2.89. The Hall–Kier alpha value is -1.99. The van der Waals surface area contributed by atoms with Crippen molar-refractivity contribution in [1.29, 1.82) is 0 Å². The molecule has 202 valence electrons. The summed E-state index contributed by atoms with van der Waals surface area (Å²) in [7, 11) is 3.29. The molecule has 2 aliphatic heterocycles. The van der Waals surface area contributed by atoms with Crippen LogP contribution < -0.4 is 14.8 Å². The smallest absolute Gasteiger partial charge is 0.246 e. The van der Waals surface area contributed by atoms with Crippen LogP contribution >= 0.6 is 12.4 Å². The summed E-state index contributed by atoms with van der Waals surface area (Å²) >= 11 is 0. The molecule has 0 aromatic heterocycles. The highest BCUT2D eigenvalue weighted by Gasteiger charge is 2.53. The number of carbonyl (C=O) groups is 2. The molecule has 3 aliphatic rings. The summed E-state index contributed by atoms with van der Waals surface area (Å²) in [4.78, 5) is 31.7. The van der Waals surface area contributed by atoms with Gasteiger partial charge >= 0.3 is 0 Å². The lowest BCUT2D eigenvalue weighted by molar-refractivity contribution is -0.162. The van der Waals surface area contributed by atoms with E-state index in [4.69, 9.17) is 9.47 Å². The number of halogens is 1. The van der Waals surface area contributed by atoms with Crippen LogP contribution in [0.5, 0.6) is 11.5 Å². The zero-order valence-electron chi connectivity index (χ0n) is 22.2. The van der Waals surface area contributed by atoms with E-state index in [1.807, 2.05) is 17.0 Å². The van der Waals surface area contributed by atoms with E-state index in [9.17, 15) is 9.59 Å². The number of nitrogens with one attached hydrogen (secondary N) is 1. The Bertz CT molecular complexity index is 882. The fraction of sp³-hybridized carbons (Fsp3) is 0.714. The molecule has 1 atom stereocenters. The SMILES string of the molecule is CCCCN1C(=O)C(CC2CCCCC2)NC(=O)C12CCN(Cc1ccc(OC)c(OC)c1)CC2.Cl. The normalized spacial score (nSPS) is 22.8. The maximum atomic E-state index is 13.7. The lowest BCUT2D eigenvalue weighted by Crippen LogP contribution is -2.73. The molecule has 4 rings (SSSR count). The van der Waals surface area contributed by atoms with Gasteiger partial charge in [-0.3, -0.25) is 14.5 Å². The van der Waals surface area contributed by atoms with Crippen molar-refractivity contribution in [3.63, 3.8) is 0 Å². The molecule has 1 saturated carbocycles. The molecule has 1 N–H and O–H groups in total. The van der Waals surface area contributed by atoms with Crippen molar-refractivity contribution >= 4 is 24.2 Å². The Morgan fingerprint density at radius 3 is 2.36 bits per heavy atom. The number of unbranched alkanes of at least 4 members (excludes halogenated alkanes) is 1. The predicted octanol–water partition coefficient (Wildman–Crippen LogP) is 4.56. The van der Waals surface area contributed by atoms with Gasteiger partial charge in [-0.05, 0) is 49.3 Å². The number of benzene rings is 1. The Labute approximate surface area is 222 Å². The van der Waals surface area contributed by atoms with Gasteiger partial charge in [-0.2, -0.15) is 0 Å². The van der Waals surface area contributed by atoms with Crippen LogP contribution in [0, 0.1) is 5.92 Å². The second-order valence-electron chi connectivity index (χ2n) is 10.6. The van der Waals surface area contributed by atoms with E-state index in [2.05, 4.69) is 23.2 Å². The van der Waals surface area contributed by atoms with Gasteiger partial charge in [0.2, 0.25) is 11.8 Å². The number of methoxy groups -OCH3 is 2. The number of hydrogen-bond acceptors (Lipinski definition) is 5. The Kier molecular flexibility index (Phi) is 10.3. The fourth-order valence-corrected chi connectivity index (χ4v) is 6.25. The van der Waals surface area contributed by atoms with Crippen molar-refractivity contribution in [2.45, 2.75) is 89.3 Å². The maximum Gasteiger partial charge on any atom is 0.246 e. The lowest BCUT2D eigenvalue weighted by atomic mass is 9.79. The van der Waals surface area contributed by atoms with E-state index in [-0.39, 0.29) is 30.3 Å². The van der Waals surface area contributed by atoms with Gasteiger partial charge in [-0.15, -0.1) is 12.4 Å². The lowest BCUT2D eigenvalue weighted by Gasteiger charge is -2.52. The number of amides is 2. The molecule has 1 spiro atoms. The minimum Gasteiger partial charge on any atom is -0.493 e. The summed E-state index contributed by atoms with van der Waals surface area (Å²) in [6, 6.07) is 5.67. The van der Waals surface area contributed by atoms with Gasteiger partial charge in [-0.1, -0.05) is 51.5 Å². The van der Waals surface area contributed by atoms with Crippen LogP contribution in [-0.2, 0) is 16.1 Å². The van der Waals surface area contributed by atoms with E-state index >= 15 is 0 Å². The molecule has 8 heteroatoms. The highest BCUT2D eigenvalue weighted by Crippen LogP contribution is 2.36. The van der Waals surface area contributed by atoms with Crippen LogP contribution in [0.1, 0.15) is 76.7 Å². The molecular formula is C28H44ClN3O4. The van der Waals surface area contributed by atoms with E-state index in [0.29, 0.717) is 25.3 Å². The first kappa shape index (κ1) is 28.6. The molecule has 1 aromatic carbocycles. The fourth-order valence-electron chi connectivity index (χ4n) is 6.25. The minimum absolute atomic E-state index is 0. The second-order valence-corrected chi connectivity index (χ2v) is 10.6. The second kappa shape index (κ2) is 13.0. The van der Waals surface area contributed by atoms with Crippen LogP contribution in [0.4, 0.5) is 0 Å². The number of ether oxygens (including phenoxy) is 2. The Balaban J connectivity index is 0.00000361. The number of piperazine rings is 1. The van der Waals surface area contributed by atoms with Crippen molar-refractivity contribution in [2.24, 2.45) is 5.92 Å². The number of nitrogens with zero attached hydrogens (tertiary/aromatic N) is 2. The number of carbonyl (C=O) groups excluding carboxylic acids is 2. The van der Waals surface area contributed by atoms with Gasteiger partial charge in [0.05, 0.1) is 14.2 Å². The maximum absolute atomic E-state index is 13.7. The van der Waals surface area contributed by atoms with Crippen molar-refractivity contribution in [2.75, 3.05) is 33.9 Å². The first-order chi connectivity index (χ1) is 17.0. The van der Waals surface area contributed by atoms with Crippen molar-refractivity contribution in [3.8, 4) is 11.5 Å². The van der Waals surface area contributed by atoms with Gasteiger partial charge in [-0.25, -0.2) is 0 Å². The molecule has 1 unspecified atom stereocenters. The number of hydrogen-bond donors (Lipinski definition) is 1. The third-order valence-electron chi connectivity index (χ3n) is 8.38. The van der Waals surface area contributed by atoms with Gasteiger partial charge in [0.15, 0.2) is 11.5 Å². The van der Waals surface area contributed by atoms with Crippen molar-refractivity contribution < 1.29 is 19.1 Å². The van der Waals surface area contributed by atoms with E-state index in [1.54, 1.807) is 14.2 Å². The first-order valence-corrected chi connectivity index (χ1v) is 13.6. The molecule has 0 bridgehead atoms. The first-order valence-electron chi connectivity index (χ1n) is 13.6. The third kappa shape index (κ3) is 6.10. The number of piperidine rings is 1. The van der Waals surface area contributed by atoms with Crippen LogP contribution in [0.25, 0.3) is 0 Å². The Morgan fingerprint density at radius 2 is 1.72 bits per heavy atom. The molecule has 7 nitrogen and oxygen atoms in total. The monoisotopic (exact) mass is 521 g/mol. The van der Waals surface area contributed by atoms with Gasteiger partial charge < -0.3 is 19.7 Å². The largest absolute Gasteiger partial charge is 0.493 e. The van der Waals surface area contributed by atoms with Crippen LogP contribution in [0.3, 0.4) is 0 Å². The quantitative estimate of drug-likeness (QED) is 0.516. The van der Waals surface area contributed by atoms with Gasteiger partial charge in [0, 0.05) is 26.2 Å². The molecule has 36 heavy (non-hydrogen) atoms. The molecular weight excluding hydrogens is 478 g/mol. The zero-order valence-corrected chi connectivity index (χ0v) is 23.0. The summed E-state index contributed by atoms with van der Waals surface area (Å²) in [5.74, 6) is 2.23. The summed E-state index contributed by atoms with van der Waals surface area (Å²) in [5.41, 5.74) is 0.446. The highest BCUT2D eigenvalue weighted by molar-refractivity contribution is 6.00. The molecule has 0 radical (unpaired) electrons. The summed E-state index contributed by atoms with van der Waals surface area (Å²) in [5, 5.41) is 3.19. The topological polar surface area (TPSA) is 71.1 Å². The zero-order chi connectivity index (χ0) is 24.8. The minimum atomic E-state index is -0.705. The average molecular weight is 522 g/mol.